The van der Waals surface area contributed by atoms with Gasteiger partial charge in [0.2, 0.25) is 0 Å². The van der Waals surface area contributed by atoms with Crippen LogP contribution in [0.25, 0.3) is 32.7 Å². The number of carbonyl (C=O) groups excluding carboxylic acids is 1. The summed E-state index contributed by atoms with van der Waals surface area (Å²) < 4.78 is 23.8. The van der Waals surface area contributed by atoms with Crippen molar-refractivity contribution in [3.05, 3.63) is 108 Å². The summed E-state index contributed by atoms with van der Waals surface area (Å²) in [4.78, 5) is 28.7. The number of fused-ring (bicyclic) bond motifs is 1. The molecule has 6 aromatic rings. The maximum absolute atomic E-state index is 15.5. The molecule has 1 amide bonds. The van der Waals surface area contributed by atoms with Crippen molar-refractivity contribution in [3.63, 3.8) is 0 Å². The summed E-state index contributed by atoms with van der Waals surface area (Å²) in [6, 6.07) is 22.6. The number of hydrogen-bond donors (Lipinski definition) is 1. The summed E-state index contributed by atoms with van der Waals surface area (Å²) in [5, 5.41) is 3.61. The summed E-state index contributed by atoms with van der Waals surface area (Å²) >= 11 is 1.73. The van der Waals surface area contributed by atoms with E-state index in [1.165, 1.54) is 49.0 Å². The van der Waals surface area contributed by atoms with Crippen LogP contribution in [0.5, 0.6) is 11.5 Å². The van der Waals surface area contributed by atoms with Gasteiger partial charge in [-0.2, -0.15) is 0 Å². The van der Waals surface area contributed by atoms with Crippen LogP contribution < -0.4 is 10.1 Å². The molecule has 45 heavy (non-hydrogen) atoms. The number of halogens is 1. The topological polar surface area (TPSA) is 81.9 Å². The lowest BCUT2D eigenvalue weighted by atomic mass is 10.1. The maximum Gasteiger partial charge on any atom is 0.274 e. The van der Waals surface area contributed by atoms with Gasteiger partial charge in [0.1, 0.15) is 23.4 Å². The molecule has 9 heteroatoms. The van der Waals surface area contributed by atoms with Gasteiger partial charge in [0.25, 0.3) is 5.91 Å². The van der Waals surface area contributed by atoms with Gasteiger partial charge in [-0.15, -0.1) is 11.3 Å². The van der Waals surface area contributed by atoms with Gasteiger partial charge < -0.3 is 14.6 Å². The molecule has 0 radical (unpaired) electrons. The zero-order valence-corrected chi connectivity index (χ0v) is 25.3. The Morgan fingerprint density at radius 1 is 0.911 bits per heavy atom. The third-order valence-corrected chi connectivity index (χ3v) is 9.92. The van der Waals surface area contributed by atoms with Gasteiger partial charge in [-0.05, 0) is 73.6 Å². The van der Waals surface area contributed by atoms with E-state index < -0.39 is 11.7 Å². The summed E-state index contributed by atoms with van der Waals surface area (Å²) in [5.74, 6) is 0.159. The Bertz CT molecular complexity index is 2030. The second kappa shape index (κ2) is 11.6. The maximum atomic E-state index is 15.5. The second-order valence-corrected chi connectivity index (χ2v) is 12.8. The molecule has 4 aromatic heterocycles. The minimum atomic E-state index is -0.595. The minimum absolute atomic E-state index is 0.0544. The number of ether oxygens (including phenoxy) is 1. The quantitative estimate of drug-likeness (QED) is 0.184. The molecule has 0 spiro atoms. The van der Waals surface area contributed by atoms with Crippen molar-refractivity contribution in [2.24, 2.45) is 0 Å². The third kappa shape index (κ3) is 5.48. The van der Waals surface area contributed by atoms with E-state index in [-0.39, 0.29) is 11.4 Å². The number of thiophene rings is 1. The van der Waals surface area contributed by atoms with Crippen LogP contribution in [-0.2, 0) is 0 Å². The molecule has 8 rings (SSSR count). The fourth-order valence-electron chi connectivity index (χ4n) is 6.21. The highest BCUT2D eigenvalue weighted by Gasteiger charge is 2.28. The highest BCUT2D eigenvalue weighted by molar-refractivity contribution is 7.15. The molecule has 224 valence electrons. The number of pyridine rings is 1. The van der Waals surface area contributed by atoms with E-state index >= 15 is 4.39 Å². The highest BCUT2D eigenvalue weighted by Crippen LogP contribution is 2.44. The van der Waals surface area contributed by atoms with Crippen LogP contribution in [-0.4, -0.2) is 25.4 Å². The summed E-state index contributed by atoms with van der Waals surface area (Å²) in [7, 11) is 0. The Labute approximate surface area is 263 Å². The average molecular weight is 616 g/mol. The minimum Gasteiger partial charge on any atom is -0.453 e. The smallest absolute Gasteiger partial charge is 0.274 e. The van der Waals surface area contributed by atoms with E-state index in [9.17, 15) is 4.79 Å². The number of hydrogen-bond acceptors (Lipinski definition) is 6. The van der Waals surface area contributed by atoms with Crippen molar-refractivity contribution in [3.8, 4) is 33.2 Å². The van der Waals surface area contributed by atoms with E-state index in [1.807, 2.05) is 18.2 Å². The lowest BCUT2D eigenvalue weighted by Crippen LogP contribution is -2.14. The summed E-state index contributed by atoms with van der Waals surface area (Å²) in [6.45, 7) is 0. The molecule has 4 heterocycles. The number of nitrogens with one attached hydrogen (secondary N) is 1. The van der Waals surface area contributed by atoms with Gasteiger partial charge in [-0.1, -0.05) is 43.2 Å². The van der Waals surface area contributed by atoms with Gasteiger partial charge >= 0.3 is 0 Å². The van der Waals surface area contributed by atoms with Crippen molar-refractivity contribution >= 4 is 34.0 Å². The fourth-order valence-corrected chi connectivity index (χ4v) is 7.36. The molecule has 2 aliphatic rings. The Morgan fingerprint density at radius 2 is 1.76 bits per heavy atom. The molecular formula is C36H30FN5O2S. The number of anilines is 1. The average Bonchev–Trinajstić information content (AvgIpc) is 3.43. The van der Waals surface area contributed by atoms with Crippen molar-refractivity contribution < 1.29 is 13.9 Å². The Kier molecular flexibility index (Phi) is 7.10. The zero-order valence-electron chi connectivity index (χ0n) is 24.4. The van der Waals surface area contributed by atoms with Crippen molar-refractivity contribution in [2.75, 3.05) is 5.32 Å². The van der Waals surface area contributed by atoms with E-state index in [4.69, 9.17) is 4.74 Å². The van der Waals surface area contributed by atoms with Crippen LogP contribution in [0.1, 0.15) is 65.9 Å². The number of nitrogens with zero attached hydrogens (tertiary/aromatic N) is 4. The molecule has 2 fully saturated rings. The highest BCUT2D eigenvalue weighted by atomic mass is 32.1. The molecule has 2 aliphatic carbocycles. The lowest BCUT2D eigenvalue weighted by molar-refractivity contribution is 0.102. The SMILES string of the molecule is O=C(Nc1ccc(Oc2ccnc3c2c(-c2ccccc2)cn3C2CC2)c(F)c1)c1cc(-c2ccc(C3CCCC3)s2)ncn1. The second-order valence-electron chi connectivity index (χ2n) is 11.7. The molecular weight excluding hydrogens is 585 g/mol. The molecule has 0 aliphatic heterocycles. The Morgan fingerprint density at radius 3 is 2.56 bits per heavy atom. The largest absolute Gasteiger partial charge is 0.453 e. The first-order valence-electron chi connectivity index (χ1n) is 15.4. The third-order valence-electron chi connectivity index (χ3n) is 8.65. The van der Waals surface area contributed by atoms with E-state index in [0.29, 0.717) is 29.1 Å². The van der Waals surface area contributed by atoms with Gasteiger partial charge in [-0.25, -0.2) is 19.3 Å². The summed E-state index contributed by atoms with van der Waals surface area (Å²) in [5.41, 5.74) is 4.07. The fraction of sp³-hybridized carbons (Fsp3) is 0.222. The Balaban J connectivity index is 1.02. The van der Waals surface area contributed by atoms with E-state index in [0.717, 1.165) is 39.9 Å². The predicted octanol–water partition coefficient (Wildman–Crippen LogP) is 9.40. The number of rotatable bonds is 8. The molecule has 0 atom stereocenters. The van der Waals surface area contributed by atoms with Gasteiger partial charge in [0.15, 0.2) is 11.6 Å². The van der Waals surface area contributed by atoms with Crippen LogP contribution in [0, 0.1) is 5.82 Å². The van der Waals surface area contributed by atoms with Crippen LogP contribution in [0.15, 0.2) is 91.5 Å². The van der Waals surface area contributed by atoms with Gasteiger partial charge in [0, 0.05) is 40.6 Å². The number of benzene rings is 2. The van der Waals surface area contributed by atoms with Crippen molar-refractivity contribution in [2.45, 2.75) is 50.5 Å². The first-order chi connectivity index (χ1) is 22.1. The van der Waals surface area contributed by atoms with Crippen molar-refractivity contribution in [1.82, 2.24) is 19.5 Å². The molecule has 0 bridgehead atoms. The standard InChI is InChI=1S/C36H30FN5O2S/c37-27-18-24(41-36(43)29-19-28(39-21-40-29)33-15-14-32(45-33)23-8-4-5-9-23)10-13-30(27)44-31-16-17-38-35-34(31)26(20-42(35)25-11-12-25)22-6-2-1-3-7-22/h1-3,6-7,10,13-21,23,25H,4-5,8-9,11-12H2,(H,41,43). The monoisotopic (exact) mass is 615 g/mol. The van der Waals surface area contributed by atoms with Crippen LogP contribution >= 0.6 is 11.3 Å². The van der Waals surface area contributed by atoms with Crippen LogP contribution in [0.2, 0.25) is 0 Å². The molecule has 0 saturated heterocycles. The van der Waals surface area contributed by atoms with E-state index in [1.54, 1.807) is 35.7 Å². The molecule has 1 N–H and O–H groups in total. The number of aromatic nitrogens is 4. The predicted molar refractivity (Wildman–Crippen MR) is 174 cm³/mol. The van der Waals surface area contributed by atoms with E-state index in [2.05, 4.69) is 55.3 Å². The van der Waals surface area contributed by atoms with Crippen molar-refractivity contribution in [1.29, 1.82) is 0 Å². The number of carbonyl (C=O) groups is 1. The zero-order chi connectivity index (χ0) is 30.3. The molecule has 2 saturated carbocycles. The molecule has 7 nitrogen and oxygen atoms in total. The molecule has 0 unspecified atom stereocenters. The summed E-state index contributed by atoms with van der Waals surface area (Å²) in [6.07, 6.45) is 12.4. The van der Waals surface area contributed by atoms with Crippen LogP contribution in [0.4, 0.5) is 10.1 Å². The van der Waals surface area contributed by atoms with Gasteiger partial charge in [0.05, 0.1) is 16.0 Å². The normalized spacial score (nSPS) is 15.0. The number of amides is 1. The molecule has 2 aromatic carbocycles. The first-order valence-corrected chi connectivity index (χ1v) is 16.2. The lowest BCUT2D eigenvalue weighted by Gasteiger charge is -2.11. The first kappa shape index (κ1) is 27.6. The van der Waals surface area contributed by atoms with Gasteiger partial charge in [-0.3, -0.25) is 4.79 Å². The Hall–Kier alpha value is -4.89. The van der Waals surface area contributed by atoms with Crippen LogP contribution in [0.3, 0.4) is 0 Å².